The van der Waals surface area contributed by atoms with Crippen molar-refractivity contribution < 1.29 is 9.18 Å². The molecule has 7 heteroatoms. The molecule has 0 bridgehead atoms. The maximum absolute atomic E-state index is 14.3. The number of ketones is 1. The lowest BCUT2D eigenvalue weighted by atomic mass is 9.75. The van der Waals surface area contributed by atoms with Gasteiger partial charge in [-0.25, -0.2) is 9.37 Å². The van der Waals surface area contributed by atoms with E-state index in [0.717, 1.165) is 17.8 Å². The maximum atomic E-state index is 14.3. The van der Waals surface area contributed by atoms with Crippen molar-refractivity contribution in [2.45, 2.75) is 33.6 Å². The quantitative estimate of drug-likeness (QED) is 0.582. The van der Waals surface area contributed by atoms with Crippen LogP contribution < -0.4 is 15.1 Å². The van der Waals surface area contributed by atoms with E-state index in [1.165, 1.54) is 11.6 Å². The summed E-state index contributed by atoms with van der Waals surface area (Å²) >= 11 is 0. The number of rotatable bonds is 4. The summed E-state index contributed by atoms with van der Waals surface area (Å²) in [5.41, 5.74) is 3.95. The van der Waals surface area contributed by atoms with Gasteiger partial charge in [-0.2, -0.15) is 4.98 Å². The molecule has 6 nitrogen and oxygen atoms in total. The van der Waals surface area contributed by atoms with Crippen molar-refractivity contribution in [3.05, 3.63) is 71.2 Å². The lowest BCUT2D eigenvalue weighted by Crippen LogP contribution is -2.47. The van der Waals surface area contributed by atoms with Gasteiger partial charge in [0.15, 0.2) is 5.78 Å². The maximum Gasteiger partial charge on any atom is 0.227 e. The van der Waals surface area contributed by atoms with E-state index >= 15 is 0 Å². The fourth-order valence-corrected chi connectivity index (χ4v) is 4.81. The molecule has 2 aromatic carbocycles. The molecule has 0 unspecified atom stereocenters. The van der Waals surface area contributed by atoms with Crippen LogP contribution >= 0.6 is 0 Å². The molecule has 1 aliphatic carbocycles. The van der Waals surface area contributed by atoms with Crippen LogP contribution in [-0.4, -0.2) is 41.9 Å². The molecule has 1 saturated heterocycles. The first-order valence-electron chi connectivity index (χ1n) is 11.8. The van der Waals surface area contributed by atoms with Gasteiger partial charge in [-0.15, -0.1) is 0 Å². The summed E-state index contributed by atoms with van der Waals surface area (Å²) in [7, 11) is 0. The van der Waals surface area contributed by atoms with Gasteiger partial charge in [-0.3, -0.25) is 4.79 Å². The fourth-order valence-electron chi connectivity index (χ4n) is 4.81. The minimum Gasteiger partial charge on any atom is -0.366 e. The number of carbonyl (C=O) groups excluding carboxylic acids is 1. The highest BCUT2D eigenvalue weighted by Gasteiger charge is 2.35. The highest BCUT2D eigenvalue weighted by Crippen LogP contribution is 2.38. The van der Waals surface area contributed by atoms with Crippen molar-refractivity contribution in [1.29, 1.82) is 0 Å². The zero-order chi connectivity index (χ0) is 23.9. The van der Waals surface area contributed by atoms with Crippen molar-refractivity contribution in [3.8, 4) is 0 Å². The third kappa shape index (κ3) is 4.47. The zero-order valence-electron chi connectivity index (χ0n) is 19.9. The predicted octanol–water partition coefficient (Wildman–Crippen LogP) is 5.15. The molecular formula is C27H30FN5O. The van der Waals surface area contributed by atoms with Crippen LogP contribution in [0.25, 0.3) is 0 Å². The third-order valence-corrected chi connectivity index (χ3v) is 6.61. The largest absolute Gasteiger partial charge is 0.366 e. The number of hydrogen-bond acceptors (Lipinski definition) is 6. The van der Waals surface area contributed by atoms with Crippen LogP contribution in [0, 0.1) is 18.2 Å². The van der Waals surface area contributed by atoms with Crippen molar-refractivity contribution >= 4 is 28.9 Å². The van der Waals surface area contributed by atoms with E-state index in [-0.39, 0.29) is 17.0 Å². The number of Topliss-reactive ketones (excluding diaryl/α,β-unsaturated/α-hetero) is 1. The Kier molecular flexibility index (Phi) is 5.71. The average molecular weight is 460 g/mol. The van der Waals surface area contributed by atoms with Crippen LogP contribution in [0.4, 0.5) is 27.5 Å². The summed E-state index contributed by atoms with van der Waals surface area (Å²) in [6.07, 6.45) is 1.20. The summed E-state index contributed by atoms with van der Waals surface area (Å²) < 4.78 is 14.3. The number of aryl methyl sites for hydroxylation is 1. The molecule has 0 radical (unpaired) electrons. The number of hydrogen-bond donors (Lipinski definition) is 1. The van der Waals surface area contributed by atoms with Gasteiger partial charge in [0.05, 0.1) is 16.9 Å². The van der Waals surface area contributed by atoms with Gasteiger partial charge in [0.1, 0.15) is 11.6 Å². The number of fused-ring (bicyclic) bond motifs is 1. The van der Waals surface area contributed by atoms with Crippen LogP contribution in [0.15, 0.2) is 48.5 Å². The zero-order valence-corrected chi connectivity index (χ0v) is 19.9. The lowest BCUT2D eigenvalue weighted by Gasteiger charge is -2.37. The second-order valence-corrected chi connectivity index (χ2v) is 10.1. The Hall–Kier alpha value is -3.48. The lowest BCUT2D eigenvalue weighted by molar-refractivity contribution is 0.0911. The predicted molar refractivity (Wildman–Crippen MR) is 134 cm³/mol. The Morgan fingerprint density at radius 1 is 0.912 bits per heavy atom. The number of benzene rings is 2. The molecule has 1 aromatic heterocycles. The number of aromatic nitrogens is 2. The van der Waals surface area contributed by atoms with Crippen LogP contribution in [0.5, 0.6) is 0 Å². The molecule has 2 aliphatic rings. The van der Waals surface area contributed by atoms with Crippen LogP contribution in [0.3, 0.4) is 0 Å². The number of para-hydroxylation sites is 1. The second-order valence-electron chi connectivity index (χ2n) is 10.1. The molecule has 1 fully saturated rings. The molecule has 0 saturated carbocycles. The Bertz CT molecular complexity index is 1220. The third-order valence-electron chi connectivity index (χ3n) is 6.61. The molecule has 0 atom stereocenters. The summed E-state index contributed by atoms with van der Waals surface area (Å²) in [6.45, 7) is 8.95. The second kappa shape index (κ2) is 8.70. The molecule has 34 heavy (non-hydrogen) atoms. The molecule has 0 spiro atoms. The molecule has 1 aliphatic heterocycles. The van der Waals surface area contributed by atoms with Crippen molar-refractivity contribution in [3.63, 3.8) is 0 Å². The van der Waals surface area contributed by atoms with Crippen molar-refractivity contribution in [2.24, 2.45) is 5.41 Å². The van der Waals surface area contributed by atoms with E-state index in [2.05, 4.69) is 29.0 Å². The van der Waals surface area contributed by atoms with E-state index in [1.54, 1.807) is 6.07 Å². The van der Waals surface area contributed by atoms with Crippen molar-refractivity contribution in [2.75, 3.05) is 41.3 Å². The highest BCUT2D eigenvalue weighted by molar-refractivity contribution is 6.03. The highest BCUT2D eigenvalue weighted by atomic mass is 19.1. The van der Waals surface area contributed by atoms with Gasteiger partial charge in [0.2, 0.25) is 5.95 Å². The van der Waals surface area contributed by atoms with Crippen LogP contribution in [0.2, 0.25) is 0 Å². The molecule has 1 N–H and O–H groups in total. The normalized spacial score (nSPS) is 17.5. The average Bonchev–Trinajstić information content (AvgIpc) is 2.80. The smallest absolute Gasteiger partial charge is 0.227 e. The topological polar surface area (TPSA) is 61.4 Å². The SMILES string of the molecule is Cc1ccc(Nc2nc(N3CCN(c4ccccc4F)CC3)nc3c2C(=O)CC(C)(C)C3)cc1. The number of halogens is 1. The minimum absolute atomic E-state index is 0.0804. The monoisotopic (exact) mass is 459 g/mol. The van der Waals surface area contributed by atoms with E-state index in [4.69, 9.17) is 9.97 Å². The Labute approximate surface area is 199 Å². The standard InChI is InChI=1S/C27H30FN5O/c1-18-8-10-19(11-9-18)29-25-24-21(16-27(2,3)17-23(24)34)30-26(31-25)33-14-12-32(13-15-33)22-7-5-4-6-20(22)28/h4-11H,12-17H2,1-3H3,(H,29,30,31). The molecule has 2 heterocycles. The summed E-state index contributed by atoms with van der Waals surface area (Å²) in [6, 6.07) is 14.9. The number of anilines is 4. The first kappa shape index (κ1) is 22.3. The molecular weight excluding hydrogens is 429 g/mol. The summed E-state index contributed by atoms with van der Waals surface area (Å²) in [5.74, 6) is 1.07. The van der Waals surface area contributed by atoms with Gasteiger partial charge in [-0.1, -0.05) is 43.7 Å². The van der Waals surface area contributed by atoms with E-state index < -0.39 is 0 Å². The number of piperazine rings is 1. The van der Waals surface area contributed by atoms with E-state index in [0.29, 0.717) is 55.6 Å². The molecule has 5 rings (SSSR count). The van der Waals surface area contributed by atoms with Crippen LogP contribution in [0.1, 0.15) is 41.9 Å². The molecule has 176 valence electrons. The first-order chi connectivity index (χ1) is 16.3. The Morgan fingerprint density at radius 2 is 1.59 bits per heavy atom. The summed E-state index contributed by atoms with van der Waals surface area (Å²) in [5, 5.41) is 3.38. The molecule has 0 amide bonds. The minimum atomic E-state index is -0.202. The molecule has 3 aromatic rings. The Balaban J connectivity index is 1.45. The van der Waals surface area contributed by atoms with Crippen molar-refractivity contribution in [1.82, 2.24) is 9.97 Å². The van der Waals surface area contributed by atoms with Gasteiger partial charge >= 0.3 is 0 Å². The van der Waals surface area contributed by atoms with E-state index in [1.807, 2.05) is 43.3 Å². The van der Waals surface area contributed by atoms with E-state index in [9.17, 15) is 9.18 Å². The van der Waals surface area contributed by atoms with Gasteiger partial charge in [0, 0.05) is 38.3 Å². The van der Waals surface area contributed by atoms with Gasteiger partial charge < -0.3 is 15.1 Å². The van der Waals surface area contributed by atoms with Crippen LogP contribution in [-0.2, 0) is 6.42 Å². The van der Waals surface area contributed by atoms with Gasteiger partial charge in [-0.05, 0) is 43.0 Å². The Morgan fingerprint density at radius 3 is 2.29 bits per heavy atom. The number of nitrogens with one attached hydrogen (secondary N) is 1. The summed E-state index contributed by atoms with van der Waals surface area (Å²) in [4.78, 5) is 27.0. The number of carbonyl (C=O) groups is 1. The number of nitrogens with zero attached hydrogens (tertiary/aromatic N) is 4. The van der Waals surface area contributed by atoms with Gasteiger partial charge in [0.25, 0.3) is 0 Å². The first-order valence-corrected chi connectivity index (χ1v) is 11.8. The fraction of sp³-hybridized carbons (Fsp3) is 0.370.